The molecule has 0 amide bonds. The van der Waals surface area contributed by atoms with Crippen molar-refractivity contribution in [3.63, 3.8) is 0 Å². The predicted octanol–water partition coefficient (Wildman–Crippen LogP) is 2.87. The number of hydrogen-bond acceptors (Lipinski definition) is 3. The molecule has 1 aromatic carbocycles. The summed E-state index contributed by atoms with van der Waals surface area (Å²) < 4.78 is 5.25. The third kappa shape index (κ3) is 3.69. The van der Waals surface area contributed by atoms with Crippen LogP contribution in [0.1, 0.15) is 34.8 Å². The van der Waals surface area contributed by atoms with Gasteiger partial charge >= 0.3 is 5.97 Å². The van der Waals surface area contributed by atoms with Gasteiger partial charge in [-0.25, -0.2) is 4.79 Å². The van der Waals surface area contributed by atoms with E-state index in [1.165, 1.54) is 11.6 Å². The Kier molecular flexibility index (Phi) is 4.36. The Balaban J connectivity index is 1.83. The van der Waals surface area contributed by atoms with Gasteiger partial charge in [-0.3, -0.25) is 0 Å². The summed E-state index contributed by atoms with van der Waals surface area (Å²) in [5.74, 6) is -0.417. The number of rotatable bonds is 6. The molecule has 2 rings (SSSR count). The largest absolute Gasteiger partial charge is 0.475 e. The van der Waals surface area contributed by atoms with Gasteiger partial charge in [-0.2, -0.15) is 0 Å². The number of benzene rings is 1. The van der Waals surface area contributed by atoms with E-state index in [9.17, 15) is 4.79 Å². The molecule has 4 nitrogen and oxygen atoms in total. The predicted molar refractivity (Wildman–Crippen MR) is 72.2 cm³/mol. The summed E-state index contributed by atoms with van der Waals surface area (Å²) in [7, 11) is 0. The van der Waals surface area contributed by atoms with Gasteiger partial charge in [0.05, 0.1) is 6.04 Å². The number of nitrogens with one attached hydrogen (secondary N) is 1. The Bertz CT molecular complexity index is 533. The lowest BCUT2D eigenvalue weighted by Gasteiger charge is -2.11. The van der Waals surface area contributed by atoms with Gasteiger partial charge in [0.2, 0.25) is 5.76 Å². The van der Waals surface area contributed by atoms with Crippen LogP contribution in [0.25, 0.3) is 0 Å². The highest BCUT2D eigenvalue weighted by atomic mass is 16.4. The fourth-order valence-electron chi connectivity index (χ4n) is 1.88. The van der Waals surface area contributed by atoms with E-state index in [-0.39, 0.29) is 11.8 Å². The fourth-order valence-corrected chi connectivity index (χ4v) is 1.88. The second-order valence-corrected chi connectivity index (χ2v) is 4.42. The lowest BCUT2D eigenvalue weighted by Crippen LogP contribution is -2.20. The van der Waals surface area contributed by atoms with Gasteiger partial charge in [0.1, 0.15) is 5.76 Å². The molecule has 2 N–H and O–H groups in total. The van der Waals surface area contributed by atoms with Crippen LogP contribution in [-0.2, 0) is 6.42 Å². The van der Waals surface area contributed by atoms with Crippen LogP contribution in [-0.4, -0.2) is 17.6 Å². The lowest BCUT2D eigenvalue weighted by molar-refractivity contribution is 0.0659. The van der Waals surface area contributed by atoms with Crippen molar-refractivity contribution in [2.45, 2.75) is 19.4 Å². The summed E-state index contributed by atoms with van der Waals surface area (Å²) >= 11 is 0. The molecule has 1 unspecified atom stereocenters. The molecular weight excluding hydrogens is 242 g/mol. The molecule has 0 aliphatic carbocycles. The van der Waals surface area contributed by atoms with Crippen LogP contribution in [0, 0.1) is 0 Å². The zero-order valence-electron chi connectivity index (χ0n) is 10.8. The Morgan fingerprint density at radius 1 is 1.26 bits per heavy atom. The lowest BCUT2D eigenvalue weighted by atomic mass is 10.1. The summed E-state index contributed by atoms with van der Waals surface area (Å²) in [5.41, 5.74) is 1.27. The van der Waals surface area contributed by atoms with E-state index >= 15 is 0 Å². The van der Waals surface area contributed by atoms with Crippen molar-refractivity contribution >= 4 is 5.97 Å². The molecule has 0 fully saturated rings. The van der Waals surface area contributed by atoms with Crippen LogP contribution in [0.5, 0.6) is 0 Å². The van der Waals surface area contributed by atoms with Crippen molar-refractivity contribution in [3.8, 4) is 0 Å². The molecule has 0 saturated carbocycles. The van der Waals surface area contributed by atoms with Crippen LogP contribution >= 0.6 is 0 Å². The molecule has 1 atom stereocenters. The summed E-state index contributed by atoms with van der Waals surface area (Å²) in [5, 5.41) is 12.1. The van der Waals surface area contributed by atoms with Gasteiger partial charge in [-0.15, -0.1) is 0 Å². The van der Waals surface area contributed by atoms with Crippen LogP contribution < -0.4 is 5.32 Å². The summed E-state index contributed by atoms with van der Waals surface area (Å²) in [6.07, 6.45) is 0.928. The average molecular weight is 259 g/mol. The minimum Gasteiger partial charge on any atom is -0.475 e. The Labute approximate surface area is 112 Å². The molecular formula is C15H17NO3. The molecule has 1 heterocycles. The van der Waals surface area contributed by atoms with Gasteiger partial charge < -0.3 is 14.8 Å². The third-order valence-electron chi connectivity index (χ3n) is 2.97. The highest BCUT2D eigenvalue weighted by Gasteiger charge is 2.13. The number of carboxylic acid groups (broad SMARTS) is 1. The first kappa shape index (κ1) is 13.4. The van der Waals surface area contributed by atoms with Crippen molar-refractivity contribution in [1.82, 2.24) is 5.32 Å². The van der Waals surface area contributed by atoms with Crippen molar-refractivity contribution < 1.29 is 14.3 Å². The molecule has 2 aromatic rings. The van der Waals surface area contributed by atoms with E-state index < -0.39 is 5.97 Å². The molecule has 0 bridgehead atoms. The van der Waals surface area contributed by atoms with Crippen LogP contribution in [0.15, 0.2) is 46.9 Å². The standard InChI is InChI=1S/C15H17NO3/c1-11(13-7-8-14(19-13)15(17)18)16-10-9-12-5-3-2-4-6-12/h2-8,11,16H,9-10H2,1H3,(H,17,18). The van der Waals surface area contributed by atoms with Crippen LogP contribution in [0.3, 0.4) is 0 Å². The monoisotopic (exact) mass is 259 g/mol. The van der Waals surface area contributed by atoms with E-state index in [2.05, 4.69) is 17.4 Å². The summed E-state index contributed by atoms with van der Waals surface area (Å²) in [4.78, 5) is 10.7. The Morgan fingerprint density at radius 3 is 2.63 bits per heavy atom. The minimum atomic E-state index is -1.04. The summed E-state index contributed by atoms with van der Waals surface area (Å²) in [6.45, 7) is 2.77. The first-order chi connectivity index (χ1) is 9.16. The third-order valence-corrected chi connectivity index (χ3v) is 2.97. The first-order valence-electron chi connectivity index (χ1n) is 6.27. The molecule has 100 valence electrons. The quantitative estimate of drug-likeness (QED) is 0.837. The van der Waals surface area contributed by atoms with E-state index in [4.69, 9.17) is 9.52 Å². The summed E-state index contributed by atoms with van der Waals surface area (Å²) in [6, 6.07) is 13.4. The van der Waals surface area contributed by atoms with Gasteiger partial charge in [-0.05, 0) is 37.6 Å². The first-order valence-corrected chi connectivity index (χ1v) is 6.27. The number of aromatic carboxylic acids is 1. The zero-order chi connectivity index (χ0) is 13.7. The van der Waals surface area contributed by atoms with Crippen LogP contribution in [0.2, 0.25) is 0 Å². The minimum absolute atomic E-state index is 0.00295. The van der Waals surface area contributed by atoms with Gasteiger partial charge in [-0.1, -0.05) is 30.3 Å². The van der Waals surface area contributed by atoms with E-state index in [0.717, 1.165) is 13.0 Å². The number of carboxylic acids is 1. The number of furan rings is 1. The van der Waals surface area contributed by atoms with E-state index in [1.807, 2.05) is 25.1 Å². The molecule has 0 radical (unpaired) electrons. The topological polar surface area (TPSA) is 62.5 Å². The molecule has 1 aromatic heterocycles. The smallest absolute Gasteiger partial charge is 0.371 e. The number of hydrogen-bond donors (Lipinski definition) is 2. The molecule has 0 saturated heterocycles. The van der Waals surface area contributed by atoms with E-state index in [1.54, 1.807) is 6.07 Å². The van der Waals surface area contributed by atoms with Gasteiger partial charge in [0.15, 0.2) is 0 Å². The number of carbonyl (C=O) groups is 1. The van der Waals surface area contributed by atoms with Crippen molar-refractivity contribution in [1.29, 1.82) is 0 Å². The van der Waals surface area contributed by atoms with Crippen molar-refractivity contribution in [2.24, 2.45) is 0 Å². The van der Waals surface area contributed by atoms with Crippen molar-refractivity contribution in [2.75, 3.05) is 6.54 Å². The van der Waals surface area contributed by atoms with Crippen molar-refractivity contribution in [3.05, 3.63) is 59.5 Å². The van der Waals surface area contributed by atoms with Gasteiger partial charge in [0, 0.05) is 0 Å². The second-order valence-electron chi connectivity index (χ2n) is 4.42. The Hall–Kier alpha value is -2.07. The SMILES string of the molecule is CC(NCCc1ccccc1)c1ccc(C(=O)O)o1. The maximum absolute atomic E-state index is 10.7. The molecule has 0 spiro atoms. The van der Waals surface area contributed by atoms with E-state index in [0.29, 0.717) is 5.76 Å². The zero-order valence-corrected chi connectivity index (χ0v) is 10.8. The van der Waals surface area contributed by atoms with Gasteiger partial charge in [0.25, 0.3) is 0 Å². The molecule has 19 heavy (non-hydrogen) atoms. The molecule has 4 heteroatoms. The van der Waals surface area contributed by atoms with Crippen LogP contribution in [0.4, 0.5) is 0 Å². The normalized spacial score (nSPS) is 12.3. The highest BCUT2D eigenvalue weighted by molar-refractivity contribution is 5.84. The molecule has 0 aliphatic rings. The average Bonchev–Trinajstić information content (AvgIpc) is 2.89. The molecule has 0 aliphatic heterocycles. The highest BCUT2D eigenvalue weighted by Crippen LogP contribution is 2.16. The maximum atomic E-state index is 10.7. The maximum Gasteiger partial charge on any atom is 0.371 e. The fraction of sp³-hybridized carbons (Fsp3) is 0.267. The Morgan fingerprint density at radius 2 is 2.00 bits per heavy atom. The second kappa shape index (κ2) is 6.20.